The van der Waals surface area contributed by atoms with Gasteiger partial charge >= 0.3 is 6.09 Å². The molecule has 1 saturated heterocycles. The largest absolute Gasteiger partial charge is 0.445 e. The van der Waals surface area contributed by atoms with Gasteiger partial charge in [-0.2, -0.15) is 0 Å². The summed E-state index contributed by atoms with van der Waals surface area (Å²) in [5.41, 5.74) is 0.388. The number of nitrogens with one attached hydrogen (secondary N) is 1. The van der Waals surface area contributed by atoms with Crippen LogP contribution in [0.2, 0.25) is 0 Å². The Kier molecular flexibility index (Phi) is 5.26. The van der Waals surface area contributed by atoms with E-state index in [-0.39, 0.29) is 30.1 Å². The summed E-state index contributed by atoms with van der Waals surface area (Å²) in [5.74, 6) is 2.57. The lowest BCUT2D eigenvalue weighted by atomic mass is 9.48. The highest BCUT2D eigenvalue weighted by Gasteiger charge is 2.54. The van der Waals surface area contributed by atoms with Crippen molar-refractivity contribution in [2.75, 3.05) is 6.54 Å². The summed E-state index contributed by atoms with van der Waals surface area (Å²) < 4.78 is 5.57. The number of ether oxygens (including phenoxy) is 1. The first-order chi connectivity index (χ1) is 14.9. The first-order valence-electron chi connectivity index (χ1n) is 12.2. The molecule has 5 fully saturated rings. The van der Waals surface area contributed by atoms with Gasteiger partial charge in [-0.1, -0.05) is 30.3 Å². The van der Waals surface area contributed by atoms with E-state index in [1.54, 1.807) is 4.90 Å². The van der Waals surface area contributed by atoms with Crippen LogP contribution in [0.15, 0.2) is 30.3 Å². The summed E-state index contributed by atoms with van der Waals surface area (Å²) in [5, 5.41) is 3.39. The van der Waals surface area contributed by atoms with Crippen LogP contribution in [0.5, 0.6) is 0 Å². The SMILES string of the molecule is CC(NC(=O)C1(C)CCCN1C(=O)OCc1ccccc1)C12CC3CC(CC(C3)C1)C2. The summed E-state index contributed by atoms with van der Waals surface area (Å²) in [7, 11) is 0. The second-order valence-electron chi connectivity index (χ2n) is 11.0. The minimum atomic E-state index is -0.829. The molecule has 6 rings (SSSR count). The molecule has 4 saturated carbocycles. The molecule has 1 heterocycles. The number of carbonyl (C=O) groups is 2. The number of benzene rings is 1. The number of likely N-dealkylation sites (tertiary alicyclic amines) is 1. The third kappa shape index (κ3) is 3.74. The number of hydrogen-bond donors (Lipinski definition) is 1. The fourth-order valence-corrected chi connectivity index (χ4v) is 7.50. The summed E-state index contributed by atoms with van der Waals surface area (Å²) in [4.78, 5) is 28.0. The van der Waals surface area contributed by atoms with Gasteiger partial charge in [0.1, 0.15) is 12.1 Å². The Bertz CT molecular complexity index is 803. The zero-order valence-corrected chi connectivity index (χ0v) is 18.9. The Balaban J connectivity index is 1.24. The molecule has 0 radical (unpaired) electrons. The standard InChI is InChI=1S/C26H36N2O3/c1-18(26-14-20-11-21(15-26)13-22(12-20)16-26)27-23(29)25(2)9-6-10-28(25)24(30)31-17-19-7-4-3-5-8-19/h3-5,7-8,18,20-22H,6,9-17H2,1-2H3,(H,27,29). The Morgan fingerprint density at radius 2 is 1.71 bits per heavy atom. The van der Waals surface area contributed by atoms with Gasteiger partial charge in [-0.3, -0.25) is 9.69 Å². The Labute approximate surface area is 185 Å². The molecule has 168 valence electrons. The van der Waals surface area contributed by atoms with Crippen LogP contribution >= 0.6 is 0 Å². The Morgan fingerprint density at radius 3 is 2.32 bits per heavy atom. The van der Waals surface area contributed by atoms with E-state index >= 15 is 0 Å². The lowest BCUT2D eigenvalue weighted by molar-refractivity contribution is -0.135. The topological polar surface area (TPSA) is 58.6 Å². The van der Waals surface area contributed by atoms with Crippen molar-refractivity contribution in [2.24, 2.45) is 23.2 Å². The van der Waals surface area contributed by atoms with Crippen molar-refractivity contribution in [3.63, 3.8) is 0 Å². The van der Waals surface area contributed by atoms with Gasteiger partial charge in [0.2, 0.25) is 5.91 Å². The predicted octanol–water partition coefficient (Wildman–Crippen LogP) is 4.90. The number of carbonyl (C=O) groups excluding carboxylic acids is 2. The van der Waals surface area contributed by atoms with Gasteiger partial charge in [-0.15, -0.1) is 0 Å². The van der Waals surface area contributed by atoms with Crippen molar-refractivity contribution in [2.45, 2.75) is 83.4 Å². The molecule has 1 aromatic carbocycles. The lowest BCUT2D eigenvalue weighted by Crippen LogP contribution is -2.61. The second-order valence-corrected chi connectivity index (χ2v) is 11.0. The normalized spacial score (nSPS) is 37.0. The minimum Gasteiger partial charge on any atom is -0.445 e. The van der Waals surface area contributed by atoms with E-state index in [9.17, 15) is 9.59 Å². The van der Waals surface area contributed by atoms with Crippen molar-refractivity contribution < 1.29 is 14.3 Å². The van der Waals surface area contributed by atoms with Gasteiger partial charge in [0, 0.05) is 12.6 Å². The highest BCUT2D eigenvalue weighted by molar-refractivity contribution is 5.90. The molecule has 2 atom stereocenters. The van der Waals surface area contributed by atoms with Crippen molar-refractivity contribution in [3.05, 3.63) is 35.9 Å². The average molecular weight is 425 g/mol. The second kappa shape index (κ2) is 7.83. The Morgan fingerprint density at radius 1 is 1.10 bits per heavy atom. The number of nitrogens with zero attached hydrogens (tertiary/aromatic N) is 1. The van der Waals surface area contributed by atoms with E-state index < -0.39 is 5.54 Å². The third-order valence-electron chi connectivity index (χ3n) is 8.91. The molecule has 1 aliphatic heterocycles. The van der Waals surface area contributed by atoms with E-state index in [2.05, 4.69) is 12.2 Å². The first kappa shape index (κ1) is 20.8. The molecular formula is C26H36N2O3. The predicted molar refractivity (Wildman–Crippen MR) is 119 cm³/mol. The number of rotatable bonds is 5. The molecule has 5 aliphatic rings. The van der Waals surface area contributed by atoms with Crippen LogP contribution in [0, 0.1) is 23.2 Å². The maximum Gasteiger partial charge on any atom is 0.410 e. The van der Waals surface area contributed by atoms with Gasteiger partial charge < -0.3 is 10.1 Å². The van der Waals surface area contributed by atoms with Crippen molar-refractivity contribution in [1.29, 1.82) is 0 Å². The van der Waals surface area contributed by atoms with E-state index in [0.717, 1.165) is 29.7 Å². The zero-order chi connectivity index (χ0) is 21.6. The molecular weight excluding hydrogens is 388 g/mol. The summed E-state index contributed by atoms with van der Waals surface area (Å²) in [6.07, 6.45) is 9.13. The summed E-state index contributed by atoms with van der Waals surface area (Å²) in [6.45, 7) is 4.92. The molecule has 1 aromatic rings. The molecule has 0 spiro atoms. The zero-order valence-electron chi connectivity index (χ0n) is 18.9. The highest BCUT2D eigenvalue weighted by Crippen LogP contribution is 2.61. The van der Waals surface area contributed by atoms with Gasteiger partial charge in [0.05, 0.1) is 0 Å². The lowest BCUT2D eigenvalue weighted by Gasteiger charge is -2.59. The third-order valence-corrected chi connectivity index (χ3v) is 8.91. The first-order valence-corrected chi connectivity index (χ1v) is 12.2. The number of hydrogen-bond acceptors (Lipinski definition) is 3. The molecule has 5 heteroatoms. The maximum absolute atomic E-state index is 13.5. The van der Waals surface area contributed by atoms with Gasteiger partial charge in [-0.25, -0.2) is 4.79 Å². The fourth-order valence-electron chi connectivity index (χ4n) is 7.50. The van der Waals surface area contributed by atoms with Crippen LogP contribution in [-0.4, -0.2) is 35.0 Å². The van der Waals surface area contributed by atoms with Crippen molar-refractivity contribution in [1.82, 2.24) is 10.2 Å². The fraction of sp³-hybridized carbons (Fsp3) is 0.692. The van der Waals surface area contributed by atoms with Crippen LogP contribution in [0.4, 0.5) is 4.79 Å². The van der Waals surface area contributed by atoms with Crippen molar-refractivity contribution >= 4 is 12.0 Å². The molecule has 4 bridgehead atoms. The van der Waals surface area contributed by atoms with Crippen molar-refractivity contribution in [3.8, 4) is 0 Å². The molecule has 1 N–H and O–H groups in total. The van der Waals surface area contributed by atoms with E-state index in [4.69, 9.17) is 4.74 Å². The van der Waals surface area contributed by atoms with E-state index in [1.807, 2.05) is 37.3 Å². The maximum atomic E-state index is 13.5. The quantitative estimate of drug-likeness (QED) is 0.731. The monoisotopic (exact) mass is 424 g/mol. The van der Waals surface area contributed by atoms with Gasteiger partial charge in [-0.05, 0) is 93.9 Å². The van der Waals surface area contributed by atoms with E-state index in [0.29, 0.717) is 13.0 Å². The molecule has 0 aromatic heterocycles. The number of amides is 2. The van der Waals surface area contributed by atoms with Gasteiger partial charge in [0.25, 0.3) is 0 Å². The molecule has 5 nitrogen and oxygen atoms in total. The van der Waals surface area contributed by atoms with Crippen LogP contribution < -0.4 is 5.32 Å². The highest BCUT2D eigenvalue weighted by atomic mass is 16.6. The van der Waals surface area contributed by atoms with E-state index in [1.165, 1.54) is 38.5 Å². The minimum absolute atomic E-state index is 0.00935. The smallest absolute Gasteiger partial charge is 0.410 e. The molecule has 2 unspecified atom stereocenters. The summed E-state index contributed by atoms with van der Waals surface area (Å²) >= 11 is 0. The summed E-state index contributed by atoms with van der Waals surface area (Å²) in [6, 6.07) is 9.85. The molecule has 31 heavy (non-hydrogen) atoms. The van der Waals surface area contributed by atoms with Crippen LogP contribution in [-0.2, 0) is 16.1 Å². The van der Waals surface area contributed by atoms with Crippen LogP contribution in [0.3, 0.4) is 0 Å². The Hall–Kier alpha value is -2.04. The van der Waals surface area contributed by atoms with Crippen LogP contribution in [0.25, 0.3) is 0 Å². The van der Waals surface area contributed by atoms with Crippen LogP contribution in [0.1, 0.15) is 70.8 Å². The molecule has 4 aliphatic carbocycles. The molecule has 2 amide bonds. The average Bonchev–Trinajstić information content (AvgIpc) is 3.15. The van der Waals surface area contributed by atoms with Gasteiger partial charge in [0.15, 0.2) is 0 Å².